The van der Waals surface area contributed by atoms with Crippen molar-refractivity contribution < 1.29 is 9.90 Å². The number of nitrogens with zero attached hydrogens (tertiary/aromatic N) is 5. The van der Waals surface area contributed by atoms with Gasteiger partial charge in [-0.1, -0.05) is 24.3 Å². The average molecular weight is 403 g/mol. The number of fused-ring (bicyclic) bond motifs is 3. The fourth-order valence-corrected chi connectivity index (χ4v) is 4.46. The van der Waals surface area contributed by atoms with Crippen molar-refractivity contribution >= 4 is 5.91 Å². The first kappa shape index (κ1) is 18.9. The van der Waals surface area contributed by atoms with Crippen molar-refractivity contribution in [1.29, 1.82) is 0 Å². The van der Waals surface area contributed by atoms with E-state index in [1.165, 1.54) is 5.56 Å². The first-order valence-corrected chi connectivity index (χ1v) is 10.5. The van der Waals surface area contributed by atoms with Crippen LogP contribution in [0.3, 0.4) is 0 Å². The van der Waals surface area contributed by atoms with Crippen LogP contribution < -0.4 is 0 Å². The van der Waals surface area contributed by atoms with Gasteiger partial charge in [0.1, 0.15) is 0 Å². The summed E-state index contributed by atoms with van der Waals surface area (Å²) < 4.78 is 1.66. The van der Waals surface area contributed by atoms with Crippen LogP contribution in [0, 0.1) is 12.8 Å². The third-order valence-corrected chi connectivity index (χ3v) is 6.38. The number of aromatic nitrogens is 4. The number of aliphatic hydroxyl groups is 1. The molecule has 1 fully saturated rings. The minimum atomic E-state index is -0.0153. The number of rotatable bonds is 3. The van der Waals surface area contributed by atoms with Crippen LogP contribution >= 0.6 is 0 Å². The Morgan fingerprint density at radius 2 is 1.90 bits per heavy atom. The normalized spacial score (nSPS) is 16.3. The molecular weight excluding hydrogens is 378 g/mol. The van der Waals surface area contributed by atoms with Gasteiger partial charge < -0.3 is 10.0 Å². The maximum Gasteiger partial charge on any atom is 0.257 e. The number of carbonyl (C=O) groups excluding carboxylic acids is 1. The lowest BCUT2D eigenvalue weighted by atomic mass is 9.90. The summed E-state index contributed by atoms with van der Waals surface area (Å²) in [4.78, 5) is 24.2. The van der Waals surface area contributed by atoms with Crippen LogP contribution in [0.1, 0.15) is 40.0 Å². The molecule has 0 spiro atoms. The molecule has 0 saturated carbocycles. The highest BCUT2D eigenvalue weighted by Gasteiger charge is 2.26. The van der Waals surface area contributed by atoms with Gasteiger partial charge in [-0.2, -0.15) is 5.10 Å². The summed E-state index contributed by atoms with van der Waals surface area (Å²) in [6.45, 7) is 3.41. The van der Waals surface area contributed by atoms with Crippen LogP contribution in [0.2, 0.25) is 0 Å². The fourth-order valence-electron chi connectivity index (χ4n) is 4.46. The van der Waals surface area contributed by atoms with E-state index in [2.05, 4.69) is 28.3 Å². The third kappa shape index (κ3) is 3.19. The largest absolute Gasteiger partial charge is 0.396 e. The molecule has 0 bridgehead atoms. The van der Waals surface area contributed by atoms with E-state index in [0.717, 1.165) is 48.2 Å². The fraction of sp³-hybridized carbons (Fsp3) is 0.391. The van der Waals surface area contributed by atoms with Crippen molar-refractivity contribution in [3.05, 3.63) is 59.0 Å². The summed E-state index contributed by atoms with van der Waals surface area (Å²) >= 11 is 0. The highest BCUT2D eigenvalue weighted by atomic mass is 16.3. The number of hydrogen-bond donors (Lipinski definition) is 1. The zero-order valence-electron chi connectivity index (χ0n) is 17.1. The van der Waals surface area contributed by atoms with Crippen molar-refractivity contribution in [2.75, 3.05) is 19.7 Å². The topological polar surface area (TPSA) is 84.1 Å². The summed E-state index contributed by atoms with van der Waals surface area (Å²) in [7, 11) is 0. The molecule has 154 valence electrons. The lowest BCUT2D eigenvalue weighted by Crippen LogP contribution is -2.39. The summed E-state index contributed by atoms with van der Waals surface area (Å²) in [6, 6.07) is 8.34. The van der Waals surface area contributed by atoms with Gasteiger partial charge in [0.25, 0.3) is 11.9 Å². The molecule has 1 amide bonds. The molecule has 0 radical (unpaired) electrons. The van der Waals surface area contributed by atoms with Crippen LogP contribution in [0.5, 0.6) is 0 Å². The van der Waals surface area contributed by atoms with E-state index in [-0.39, 0.29) is 12.5 Å². The molecule has 1 aliphatic heterocycles. The summed E-state index contributed by atoms with van der Waals surface area (Å²) in [5.41, 5.74) is 5.87. The Bertz CT molecular complexity index is 1100. The number of amides is 1. The van der Waals surface area contributed by atoms with Gasteiger partial charge in [-0.25, -0.2) is 14.6 Å². The second kappa shape index (κ2) is 7.65. The molecule has 1 aromatic carbocycles. The van der Waals surface area contributed by atoms with Crippen molar-refractivity contribution in [2.45, 2.75) is 32.6 Å². The first-order valence-electron chi connectivity index (χ1n) is 10.5. The Hall–Kier alpha value is -3.06. The van der Waals surface area contributed by atoms with Crippen molar-refractivity contribution in [3.8, 4) is 17.2 Å². The lowest BCUT2D eigenvalue weighted by Gasteiger charge is -2.31. The van der Waals surface area contributed by atoms with Crippen LogP contribution in [-0.4, -0.2) is 55.4 Å². The number of benzene rings is 1. The molecule has 3 heterocycles. The van der Waals surface area contributed by atoms with Gasteiger partial charge in [0, 0.05) is 31.5 Å². The Balaban J connectivity index is 1.45. The maximum absolute atomic E-state index is 13.0. The predicted molar refractivity (Wildman–Crippen MR) is 112 cm³/mol. The second-order valence-electron chi connectivity index (χ2n) is 8.17. The number of aliphatic hydroxyl groups excluding tert-OH is 1. The molecule has 0 unspecified atom stereocenters. The van der Waals surface area contributed by atoms with Gasteiger partial charge in [0.15, 0.2) is 0 Å². The van der Waals surface area contributed by atoms with E-state index >= 15 is 0 Å². The number of aryl methyl sites for hydroxylation is 2. The molecule has 2 aliphatic rings. The molecule has 1 N–H and O–H groups in total. The van der Waals surface area contributed by atoms with Crippen LogP contribution in [0.4, 0.5) is 0 Å². The van der Waals surface area contributed by atoms with Gasteiger partial charge in [-0.3, -0.25) is 4.79 Å². The summed E-state index contributed by atoms with van der Waals surface area (Å²) in [5, 5.41) is 13.8. The summed E-state index contributed by atoms with van der Waals surface area (Å²) in [6.07, 6.45) is 7.10. The molecule has 5 rings (SSSR count). The molecule has 7 nitrogen and oxygen atoms in total. The second-order valence-corrected chi connectivity index (χ2v) is 8.17. The van der Waals surface area contributed by atoms with Crippen LogP contribution in [-0.2, 0) is 12.8 Å². The van der Waals surface area contributed by atoms with E-state index in [4.69, 9.17) is 4.98 Å². The number of piperidine rings is 1. The maximum atomic E-state index is 13.0. The molecule has 1 saturated heterocycles. The van der Waals surface area contributed by atoms with E-state index < -0.39 is 0 Å². The van der Waals surface area contributed by atoms with E-state index in [1.54, 1.807) is 10.9 Å². The quantitative estimate of drug-likeness (QED) is 0.727. The van der Waals surface area contributed by atoms with Crippen LogP contribution in [0.15, 0.2) is 36.7 Å². The van der Waals surface area contributed by atoms with Crippen molar-refractivity contribution in [2.24, 2.45) is 5.92 Å². The Morgan fingerprint density at radius 1 is 1.13 bits per heavy atom. The number of likely N-dealkylation sites (tertiary alicyclic amines) is 1. The minimum absolute atomic E-state index is 0.0153. The SMILES string of the molecule is Cc1c(C(=O)N2CCC(CO)CC2)cnn1-c1ncc2c(n1)-c1ccccc1CC2. The first-order chi connectivity index (χ1) is 14.7. The van der Waals surface area contributed by atoms with Gasteiger partial charge in [0.2, 0.25) is 0 Å². The molecule has 2 aromatic heterocycles. The highest BCUT2D eigenvalue weighted by Crippen LogP contribution is 2.32. The Kier molecular flexibility index (Phi) is 4.83. The third-order valence-electron chi connectivity index (χ3n) is 6.38. The highest BCUT2D eigenvalue weighted by molar-refractivity contribution is 5.95. The minimum Gasteiger partial charge on any atom is -0.396 e. The molecule has 7 heteroatoms. The van der Waals surface area contributed by atoms with Gasteiger partial charge in [-0.15, -0.1) is 0 Å². The molecule has 3 aromatic rings. The molecule has 1 aliphatic carbocycles. The van der Waals surface area contributed by atoms with Crippen molar-refractivity contribution in [1.82, 2.24) is 24.6 Å². The van der Waals surface area contributed by atoms with E-state index in [0.29, 0.717) is 30.5 Å². The molecule has 30 heavy (non-hydrogen) atoms. The molecule has 0 atom stereocenters. The zero-order chi connectivity index (χ0) is 20.7. The predicted octanol–water partition coefficient (Wildman–Crippen LogP) is 2.58. The zero-order valence-corrected chi connectivity index (χ0v) is 17.1. The van der Waals surface area contributed by atoms with Gasteiger partial charge in [0.05, 0.1) is 23.1 Å². The van der Waals surface area contributed by atoms with E-state index in [9.17, 15) is 9.90 Å². The van der Waals surface area contributed by atoms with Gasteiger partial charge >= 0.3 is 0 Å². The molecular formula is C23H25N5O2. The average Bonchev–Trinajstić information content (AvgIpc) is 3.19. The monoisotopic (exact) mass is 403 g/mol. The summed E-state index contributed by atoms with van der Waals surface area (Å²) in [5.74, 6) is 0.768. The van der Waals surface area contributed by atoms with Gasteiger partial charge in [-0.05, 0) is 49.7 Å². The number of carbonyl (C=O) groups is 1. The smallest absolute Gasteiger partial charge is 0.257 e. The van der Waals surface area contributed by atoms with E-state index in [1.807, 2.05) is 24.1 Å². The van der Waals surface area contributed by atoms with Crippen molar-refractivity contribution in [3.63, 3.8) is 0 Å². The Morgan fingerprint density at radius 3 is 2.70 bits per heavy atom. The number of hydrogen-bond acceptors (Lipinski definition) is 5. The Labute approximate surface area is 175 Å². The van der Waals surface area contributed by atoms with Crippen LogP contribution in [0.25, 0.3) is 17.2 Å². The standard InChI is InChI=1S/C23H25N5O2/c1-15-20(22(30)27-10-8-16(14-29)9-11-27)13-25-28(15)23-24-12-18-7-6-17-4-2-3-5-19(17)21(18)26-23/h2-5,12-13,16,29H,6-11,14H2,1H3. The lowest BCUT2D eigenvalue weighted by molar-refractivity contribution is 0.0650.